The number of hydrogen-bond acceptors (Lipinski definition) is 3. The van der Waals surface area contributed by atoms with E-state index in [0.717, 1.165) is 0 Å². The summed E-state index contributed by atoms with van der Waals surface area (Å²) < 4.78 is 0. The van der Waals surface area contributed by atoms with Crippen molar-refractivity contribution in [2.75, 3.05) is 0 Å². The molecule has 12 heavy (non-hydrogen) atoms. The third kappa shape index (κ3) is 1.73. The van der Waals surface area contributed by atoms with E-state index in [-0.39, 0.29) is 11.3 Å². The summed E-state index contributed by atoms with van der Waals surface area (Å²) in [7, 11) is 0. The zero-order chi connectivity index (χ0) is 9.14. The van der Waals surface area contributed by atoms with Crippen molar-refractivity contribution in [2.45, 2.75) is 4.95 Å². The maximum absolute atomic E-state index is 10.3. The number of hydrogen-bond donors (Lipinski definition) is 1. The number of phenols is 1. The van der Waals surface area contributed by atoms with Gasteiger partial charge in [-0.15, -0.1) is 0 Å². The Morgan fingerprint density at radius 3 is 2.58 bits per heavy atom. The van der Waals surface area contributed by atoms with Crippen molar-refractivity contribution in [3.8, 4) is 5.75 Å². The largest absolute Gasteiger partial charge is 0.507 e. The summed E-state index contributed by atoms with van der Waals surface area (Å²) in [5.41, 5.74) is 0.266. The Hall–Kier alpha value is -1.10. The van der Waals surface area contributed by atoms with E-state index in [1.807, 2.05) is 0 Å². The van der Waals surface area contributed by atoms with Gasteiger partial charge in [-0.25, -0.2) is 0 Å². The highest BCUT2D eigenvalue weighted by molar-refractivity contribution is 9.09. The lowest BCUT2D eigenvalue weighted by molar-refractivity contribution is -0.498. The molecule has 0 aliphatic carbocycles. The Morgan fingerprint density at radius 2 is 2.08 bits per heavy atom. The Morgan fingerprint density at radius 1 is 1.50 bits per heavy atom. The second kappa shape index (κ2) is 3.53. The monoisotopic (exact) mass is 231 g/mol. The zero-order valence-electron chi connectivity index (χ0n) is 5.98. The average Bonchev–Trinajstić information content (AvgIpc) is 2.04. The number of para-hydroxylation sites is 1. The van der Waals surface area contributed by atoms with Gasteiger partial charge in [0.15, 0.2) is 0 Å². The van der Waals surface area contributed by atoms with E-state index < -0.39 is 9.87 Å². The second-order valence-electron chi connectivity index (χ2n) is 2.18. The third-order valence-corrected chi connectivity index (χ3v) is 2.21. The molecule has 0 saturated heterocycles. The smallest absolute Gasteiger partial charge is 0.294 e. The first-order chi connectivity index (χ1) is 5.63. The highest BCUT2D eigenvalue weighted by Crippen LogP contribution is 2.29. The fourth-order valence-electron chi connectivity index (χ4n) is 0.803. The Labute approximate surface area is 77.1 Å². The van der Waals surface area contributed by atoms with Gasteiger partial charge in [0.2, 0.25) is 0 Å². The maximum Gasteiger partial charge on any atom is 0.294 e. The van der Waals surface area contributed by atoms with Crippen LogP contribution >= 0.6 is 15.9 Å². The number of benzene rings is 1. The van der Waals surface area contributed by atoms with Crippen LogP contribution in [0.4, 0.5) is 0 Å². The Bertz CT molecular complexity index is 302. The first-order valence-corrected chi connectivity index (χ1v) is 4.10. The van der Waals surface area contributed by atoms with E-state index in [2.05, 4.69) is 15.9 Å². The zero-order valence-corrected chi connectivity index (χ0v) is 7.56. The third-order valence-electron chi connectivity index (χ3n) is 1.38. The van der Waals surface area contributed by atoms with Crippen molar-refractivity contribution in [3.05, 3.63) is 39.9 Å². The summed E-state index contributed by atoms with van der Waals surface area (Å²) in [6.45, 7) is 0. The quantitative estimate of drug-likeness (QED) is 0.367. The molecule has 0 saturated carbocycles. The molecular weight excluding hydrogens is 226 g/mol. The molecule has 0 radical (unpaired) electrons. The topological polar surface area (TPSA) is 63.4 Å². The van der Waals surface area contributed by atoms with Crippen LogP contribution in [0.25, 0.3) is 0 Å². The molecule has 0 aliphatic rings. The molecule has 0 amide bonds. The highest BCUT2D eigenvalue weighted by atomic mass is 79.9. The predicted octanol–water partition coefficient (Wildman–Crippen LogP) is 2.06. The van der Waals surface area contributed by atoms with Crippen LogP contribution in [0.2, 0.25) is 0 Å². The summed E-state index contributed by atoms with van der Waals surface area (Å²) in [6.07, 6.45) is 0. The van der Waals surface area contributed by atoms with Gasteiger partial charge in [0.1, 0.15) is 5.75 Å². The van der Waals surface area contributed by atoms with Gasteiger partial charge in [0.05, 0.1) is 5.56 Å². The molecule has 5 heteroatoms. The molecule has 1 aromatic rings. The van der Waals surface area contributed by atoms with Crippen LogP contribution in [0.1, 0.15) is 10.5 Å². The SMILES string of the molecule is O=[N+]([O-])C(Br)c1ccccc1O. The van der Waals surface area contributed by atoms with E-state index in [1.54, 1.807) is 12.1 Å². The van der Waals surface area contributed by atoms with E-state index in [9.17, 15) is 15.2 Å². The lowest BCUT2D eigenvalue weighted by Gasteiger charge is -2.03. The summed E-state index contributed by atoms with van der Waals surface area (Å²) >= 11 is 2.84. The Kier molecular flexibility index (Phi) is 2.65. The second-order valence-corrected chi connectivity index (χ2v) is 3.05. The summed E-state index contributed by atoms with van der Waals surface area (Å²) in [4.78, 5) is 8.74. The molecule has 1 N–H and O–H groups in total. The maximum atomic E-state index is 10.3. The van der Waals surface area contributed by atoms with Crippen LogP contribution < -0.4 is 0 Å². The molecular formula is C7H6BrNO3. The first kappa shape index (κ1) is 8.99. The summed E-state index contributed by atoms with van der Waals surface area (Å²) in [5.74, 6) is -0.0731. The standard InChI is InChI=1S/C7H6BrNO3/c8-7(9(11)12)5-3-1-2-4-6(5)10/h1-4,7,10H. The summed E-state index contributed by atoms with van der Waals surface area (Å²) in [6, 6.07) is 6.15. The number of alkyl halides is 1. The molecule has 0 aromatic heterocycles. The first-order valence-electron chi connectivity index (χ1n) is 3.18. The van der Waals surface area contributed by atoms with Gasteiger partial charge in [0, 0.05) is 20.9 Å². The molecule has 64 valence electrons. The molecule has 1 rings (SSSR count). The number of halogens is 1. The van der Waals surface area contributed by atoms with Crippen molar-refractivity contribution in [1.82, 2.24) is 0 Å². The molecule has 0 heterocycles. The minimum atomic E-state index is -1.04. The fraction of sp³-hybridized carbons (Fsp3) is 0.143. The minimum Gasteiger partial charge on any atom is -0.507 e. The number of aromatic hydroxyl groups is 1. The molecule has 4 nitrogen and oxygen atoms in total. The molecule has 0 spiro atoms. The number of phenolic OH excluding ortho intramolecular Hbond substituents is 1. The van der Waals surface area contributed by atoms with E-state index in [4.69, 9.17) is 0 Å². The van der Waals surface area contributed by atoms with Crippen LogP contribution in [0.5, 0.6) is 5.75 Å². The lowest BCUT2D eigenvalue weighted by Crippen LogP contribution is -2.02. The average molecular weight is 232 g/mol. The van der Waals surface area contributed by atoms with Crippen molar-refractivity contribution in [1.29, 1.82) is 0 Å². The highest BCUT2D eigenvalue weighted by Gasteiger charge is 2.20. The molecule has 0 fully saturated rings. The molecule has 0 aliphatic heterocycles. The normalized spacial score (nSPS) is 12.4. The van der Waals surface area contributed by atoms with Gasteiger partial charge < -0.3 is 5.11 Å². The van der Waals surface area contributed by atoms with Gasteiger partial charge in [-0.3, -0.25) is 10.1 Å². The molecule has 1 aromatic carbocycles. The Balaban J connectivity index is 3.02. The number of nitro groups is 1. The van der Waals surface area contributed by atoms with Gasteiger partial charge in [-0.1, -0.05) is 12.1 Å². The van der Waals surface area contributed by atoms with Crippen molar-refractivity contribution in [2.24, 2.45) is 0 Å². The lowest BCUT2D eigenvalue weighted by atomic mass is 10.2. The fourth-order valence-corrected chi connectivity index (χ4v) is 1.19. The van der Waals surface area contributed by atoms with Crippen LogP contribution in [-0.2, 0) is 0 Å². The van der Waals surface area contributed by atoms with E-state index in [1.165, 1.54) is 12.1 Å². The minimum absolute atomic E-state index is 0.0731. The predicted molar refractivity (Wildman–Crippen MR) is 46.8 cm³/mol. The van der Waals surface area contributed by atoms with Crippen LogP contribution in [-0.4, -0.2) is 10.0 Å². The van der Waals surface area contributed by atoms with Crippen molar-refractivity contribution < 1.29 is 10.0 Å². The van der Waals surface area contributed by atoms with Crippen LogP contribution in [0, 0.1) is 10.1 Å². The number of nitrogens with zero attached hydrogens (tertiary/aromatic N) is 1. The number of rotatable bonds is 2. The molecule has 1 atom stereocenters. The van der Waals surface area contributed by atoms with Gasteiger partial charge in [-0.05, 0) is 12.1 Å². The van der Waals surface area contributed by atoms with Gasteiger partial charge in [-0.2, -0.15) is 0 Å². The van der Waals surface area contributed by atoms with E-state index in [0.29, 0.717) is 0 Å². The van der Waals surface area contributed by atoms with Gasteiger partial charge in [0.25, 0.3) is 4.95 Å². The van der Waals surface area contributed by atoms with Gasteiger partial charge >= 0.3 is 0 Å². The van der Waals surface area contributed by atoms with Crippen LogP contribution in [0.3, 0.4) is 0 Å². The van der Waals surface area contributed by atoms with E-state index >= 15 is 0 Å². The molecule has 1 unspecified atom stereocenters. The van der Waals surface area contributed by atoms with Crippen molar-refractivity contribution in [3.63, 3.8) is 0 Å². The van der Waals surface area contributed by atoms with Crippen LogP contribution in [0.15, 0.2) is 24.3 Å². The molecule has 0 bridgehead atoms. The summed E-state index contributed by atoms with van der Waals surface area (Å²) in [5, 5.41) is 19.5. The van der Waals surface area contributed by atoms with Crippen molar-refractivity contribution >= 4 is 15.9 Å².